The van der Waals surface area contributed by atoms with E-state index in [1.54, 1.807) is 24.3 Å². The van der Waals surface area contributed by atoms with Crippen LogP contribution < -0.4 is 22.2 Å². The van der Waals surface area contributed by atoms with Crippen molar-refractivity contribution < 1.29 is 26.9 Å². The zero-order valence-corrected chi connectivity index (χ0v) is 13.9. The molecule has 2 amide bonds. The van der Waals surface area contributed by atoms with Crippen molar-refractivity contribution in [1.29, 1.82) is 0 Å². The maximum Gasteiger partial charge on any atom is 0.292 e. The Kier molecular flexibility index (Phi) is 5.84. The second-order valence-corrected chi connectivity index (χ2v) is 6.31. The number of likely N-dealkylation sites (tertiary alicyclic amines) is 1. The molecule has 120 valence electrons. The van der Waals surface area contributed by atoms with Crippen LogP contribution in [0.25, 0.3) is 0 Å². The van der Waals surface area contributed by atoms with Crippen LogP contribution in [-0.2, 0) is 9.59 Å². The zero-order valence-electron chi connectivity index (χ0n) is 12.4. The Bertz CT molecular complexity index is 557. The fraction of sp³-hybridized carbons (Fsp3) is 0.500. The van der Waals surface area contributed by atoms with E-state index in [-0.39, 0.29) is 30.3 Å². The number of halogens is 2. The third-order valence-electron chi connectivity index (χ3n) is 4.45. The van der Waals surface area contributed by atoms with Crippen molar-refractivity contribution >= 4 is 29.1 Å². The summed E-state index contributed by atoms with van der Waals surface area (Å²) in [5, 5.41) is 0.540. The molecule has 6 heteroatoms. The Morgan fingerprint density at radius 1 is 1.09 bits per heavy atom. The molecule has 2 aliphatic rings. The number of nitrogens with one attached hydrogen (secondary N) is 1. The number of amides is 2. The Balaban J connectivity index is 0.00000176. The number of carbonyl (C=O) groups is 2. The van der Waals surface area contributed by atoms with Crippen molar-refractivity contribution in [2.75, 3.05) is 18.0 Å². The lowest BCUT2D eigenvalue weighted by Gasteiger charge is -2.22. The highest BCUT2D eigenvalue weighted by molar-refractivity contribution is 6.31. The number of carbonyl (C=O) groups excluding carboxylic acids is 2. The summed E-state index contributed by atoms with van der Waals surface area (Å²) in [5.41, 5.74) is 0.592. The first-order chi connectivity index (χ1) is 10.2. The number of nitrogens with zero attached hydrogens (tertiary/aromatic N) is 1. The van der Waals surface area contributed by atoms with Crippen molar-refractivity contribution in [3.05, 3.63) is 29.3 Å². The first-order valence-corrected chi connectivity index (χ1v) is 8.01. The van der Waals surface area contributed by atoms with Gasteiger partial charge in [-0.05, 0) is 43.9 Å². The number of quaternary nitrogens is 1. The lowest BCUT2D eigenvalue weighted by Crippen LogP contribution is -3.16. The van der Waals surface area contributed by atoms with E-state index in [1.165, 1.54) is 22.6 Å². The van der Waals surface area contributed by atoms with Crippen molar-refractivity contribution in [1.82, 2.24) is 0 Å². The average Bonchev–Trinajstić information content (AvgIpc) is 2.66. The summed E-state index contributed by atoms with van der Waals surface area (Å²) in [6, 6.07) is 6.74. The second-order valence-electron chi connectivity index (χ2n) is 5.88. The number of rotatable bonds is 2. The molecule has 0 bridgehead atoms. The van der Waals surface area contributed by atoms with E-state index in [4.69, 9.17) is 11.6 Å². The van der Waals surface area contributed by atoms with Crippen LogP contribution in [-0.4, -0.2) is 30.9 Å². The maximum absolute atomic E-state index is 12.7. The van der Waals surface area contributed by atoms with Gasteiger partial charge in [-0.2, -0.15) is 0 Å². The molecule has 3 rings (SSSR count). The highest BCUT2D eigenvalue weighted by Gasteiger charge is 2.45. The Morgan fingerprint density at radius 2 is 1.77 bits per heavy atom. The maximum atomic E-state index is 12.7. The summed E-state index contributed by atoms with van der Waals surface area (Å²) in [7, 11) is 0. The predicted molar refractivity (Wildman–Crippen MR) is 81.5 cm³/mol. The van der Waals surface area contributed by atoms with Gasteiger partial charge in [0, 0.05) is 5.02 Å². The number of anilines is 1. The molecule has 1 aromatic rings. The second kappa shape index (κ2) is 7.44. The van der Waals surface area contributed by atoms with Gasteiger partial charge in [-0.25, -0.2) is 4.90 Å². The van der Waals surface area contributed by atoms with E-state index < -0.39 is 0 Å². The first-order valence-electron chi connectivity index (χ1n) is 7.64. The molecular weight excluding hydrogens is 323 g/mol. The van der Waals surface area contributed by atoms with Gasteiger partial charge < -0.3 is 17.3 Å². The number of imide groups is 1. The van der Waals surface area contributed by atoms with Crippen LogP contribution in [0.4, 0.5) is 5.69 Å². The van der Waals surface area contributed by atoms with Crippen LogP contribution >= 0.6 is 11.6 Å². The van der Waals surface area contributed by atoms with Crippen LogP contribution in [0.3, 0.4) is 0 Å². The normalized spacial score (nSPS) is 23.3. The van der Waals surface area contributed by atoms with Gasteiger partial charge in [0.05, 0.1) is 25.2 Å². The molecule has 2 fully saturated rings. The van der Waals surface area contributed by atoms with Gasteiger partial charge in [-0.1, -0.05) is 17.7 Å². The molecule has 0 radical (unpaired) electrons. The minimum atomic E-state index is -0.213. The van der Waals surface area contributed by atoms with Crippen LogP contribution in [0.2, 0.25) is 5.02 Å². The molecule has 0 aromatic heterocycles. The molecule has 0 spiro atoms. The van der Waals surface area contributed by atoms with E-state index in [0.29, 0.717) is 17.1 Å². The third kappa shape index (κ3) is 3.45. The van der Waals surface area contributed by atoms with Gasteiger partial charge in [-0.15, -0.1) is 0 Å². The third-order valence-corrected chi connectivity index (χ3v) is 4.69. The largest absolute Gasteiger partial charge is 1.00 e. The van der Waals surface area contributed by atoms with E-state index in [0.717, 1.165) is 25.9 Å². The van der Waals surface area contributed by atoms with Crippen molar-refractivity contribution in [2.24, 2.45) is 0 Å². The van der Waals surface area contributed by atoms with Gasteiger partial charge in [0.2, 0.25) is 5.91 Å². The van der Waals surface area contributed by atoms with E-state index in [1.807, 2.05) is 0 Å². The number of benzene rings is 1. The molecule has 1 atom stereocenters. The van der Waals surface area contributed by atoms with Gasteiger partial charge in [0.1, 0.15) is 0 Å². The summed E-state index contributed by atoms with van der Waals surface area (Å²) >= 11 is 5.97. The molecular formula is C16H20Cl2N2O2. The molecule has 0 aliphatic carbocycles. The molecule has 4 nitrogen and oxygen atoms in total. The van der Waals surface area contributed by atoms with Crippen molar-refractivity contribution in [3.8, 4) is 0 Å². The molecule has 1 N–H and O–H groups in total. The average molecular weight is 343 g/mol. The highest BCUT2D eigenvalue weighted by Crippen LogP contribution is 2.24. The monoisotopic (exact) mass is 342 g/mol. The summed E-state index contributed by atoms with van der Waals surface area (Å²) in [6.07, 6.45) is 5.07. The highest BCUT2D eigenvalue weighted by atomic mass is 35.5. The zero-order chi connectivity index (χ0) is 14.8. The number of hydrogen-bond donors (Lipinski definition) is 1. The summed E-state index contributed by atoms with van der Waals surface area (Å²) in [4.78, 5) is 27.6. The molecule has 1 unspecified atom stereocenters. The molecule has 1 aromatic carbocycles. The SMILES string of the molecule is O=C1CC([NH+]2CCCCCC2)C(=O)N1c1cccc(Cl)c1.[Cl-]. The quantitative estimate of drug-likeness (QED) is 0.660. The lowest BCUT2D eigenvalue weighted by molar-refractivity contribution is -0.914. The van der Waals surface area contributed by atoms with E-state index >= 15 is 0 Å². The van der Waals surface area contributed by atoms with E-state index in [2.05, 4.69) is 0 Å². The van der Waals surface area contributed by atoms with Crippen LogP contribution in [0.5, 0.6) is 0 Å². The van der Waals surface area contributed by atoms with Crippen molar-refractivity contribution in [2.45, 2.75) is 38.1 Å². The van der Waals surface area contributed by atoms with Crippen LogP contribution in [0.1, 0.15) is 32.1 Å². The molecule has 2 aliphatic heterocycles. The Hall–Kier alpha value is -1.10. The van der Waals surface area contributed by atoms with Gasteiger partial charge in [0.15, 0.2) is 6.04 Å². The van der Waals surface area contributed by atoms with Gasteiger partial charge in [-0.3, -0.25) is 9.59 Å². The topological polar surface area (TPSA) is 41.8 Å². The smallest absolute Gasteiger partial charge is 0.292 e. The Labute approximate surface area is 141 Å². The fourth-order valence-electron chi connectivity index (χ4n) is 3.37. The first kappa shape index (κ1) is 17.3. The molecule has 2 saturated heterocycles. The van der Waals surface area contributed by atoms with Crippen LogP contribution in [0.15, 0.2) is 24.3 Å². The predicted octanol–water partition coefficient (Wildman–Crippen LogP) is -1.57. The molecule has 2 heterocycles. The lowest BCUT2D eigenvalue weighted by atomic mass is 10.2. The fourth-order valence-corrected chi connectivity index (χ4v) is 3.55. The van der Waals surface area contributed by atoms with Gasteiger partial charge in [0.25, 0.3) is 5.91 Å². The summed E-state index contributed by atoms with van der Waals surface area (Å²) in [6.45, 7) is 1.99. The minimum absolute atomic E-state index is 0. The number of hydrogen-bond acceptors (Lipinski definition) is 2. The van der Waals surface area contributed by atoms with Crippen LogP contribution in [0, 0.1) is 0 Å². The summed E-state index contributed by atoms with van der Waals surface area (Å²) < 4.78 is 0. The van der Waals surface area contributed by atoms with E-state index in [9.17, 15) is 9.59 Å². The van der Waals surface area contributed by atoms with Crippen molar-refractivity contribution in [3.63, 3.8) is 0 Å². The Morgan fingerprint density at radius 3 is 2.41 bits per heavy atom. The standard InChI is InChI=1S/C16H19ClN2O2.ClH/c17-12-6-5-7-13(10-12)19-15(20)11-14(16(19)21)18-8-3-1-2-4-9-18;/h5-7,10,14H,1-4,8-9,11H2;1H. The molecule has 22 heavy (non-hydrogen) atoms. The summed E-state index contributed by atoms with van der Waals surface area (Å²) in [5.74, 6) is -0.178. The minimum Gasteiger partial charge on any atom is -1.00 e. The molecule has 0 saturated carbocycles. The van der Waals surface area contributed by atoms with Gasteiger partial charge >= 0.3 is 0 Å².